The number of aromatic amines is 1. The number of fused-ring (bicyclic) bond motifs is 1. The molecule has 0 saturated heterocycles. The van der Waals surface area contributed by atoms with Crippen LogP contribution in [0.5, 0.6) is 0 Å². The molecule has 0 aliphatic rings. The van der Waals surface area contributed by atoms with Gasteiger partial charge in [0.05, 0.1) is 5.56 Å². The van der Waals surface area contributed by atoms with Gasteiger partial charge in [-0.3, -0.25) is 4.79 Å². The third-order valence-electron chi connectivity index (χ3n) is 2.79. The molecule has 2 aromatic rings. The average Bonchev–Trinajstić information content (AvgIpc) is 2.61. The van der Waals surface area contributed by atoms with E-state index in [-0.39, 0.29) is 5.91 Å². The second-order valence-electron chi connectivity index (χ2n) is 4.77. The molecule has 90 valence electrons. The third kappa shape index (κ3) is 2.33. The summed E-state index contributed by atoms with van der Waals surface area (Å²) in [6.45, 7) is 6.81. The first-order valence-electron chi connectivity index (χ1n) is 5.95. The summed E-state index contributed by atoms with van der Waals surface area (Å²) in [6.07, 6.45) is 0. The van der Waals surface area contributed by atoms with E-state index in [0.29, 0.717) is 12.5 Å². The molecule has 0 bridgehead atoms. The van der Waals surface area contributed by atoms with Crippen molar-refractivity contribution in [3.63, 3.8) is 0 Å². The lowest BCUT2D eigenvalue weighted by Crippen LogP contribution is -2.27. The summed E-state index contributed by atoms with van der Waals surface area (Å²) < 4.78 is 0. The van der Waals surface area contributed by atoms with Crippen molar-refractivity contribution in [2.75, 3.05) is 6.54 Å². The molecule has 1 heterocycles. The number of nitrogens with one attached hydrogen (secondary N) is 2. The highest BCUT2D eigenvalue weighted by Crippen LogP contribution is 2.21. The number of hydrogen-bond donors (Lipinski definition) is 2. The molecule has 0 unspecified atom stereocenters. The maximum Gasteiger partial charge on any atom is 0.253 e. The summed E-state index contributed by atoms with van der Waals surface area (Å²) in [5, 5.41) is 3.95. The molecule has 3 nitrogen and oxygen atoms in total. The molecule has 0 aliphatic carbocycles. The van der Waals surface area contributed by atoms with Gasteiger partial charge in [0, 0.05) is 23.1 Å². The summed E-state index contributed by atoms with van der Waals surface area (Å²) in [4.78, 5) is 15.3. The number of benzene rings is 1. The summed E-state index contributed by atoms with van der Waals surface area (Å²) >= 11 is 0. The quantitative estimate of drug-likeness (QED) is 0.836. The fraction of sp³-hybridized carbons (Fsp3) is 0.357. The number of rotatable bonds is 3. The van der Waals surface area contributed by atoms with E-state index >= 15 is 0 Å². The largest absolute Gasteiger partial charge is 0.358 e. The van der Waals surface area contributed by atoms with Crippen molar-refractivity contribution in [2.45, 2.75) is 20.8 Å². The lowest BCUT2D eigenvalue weighted by molar-refractivity contribution is 0.0950. The molecule has 3 heteroatoms. The number of para-hydroxylation sites is 1. The van der Waals surface area contributed by atoms with Gasteiger partial charge in [-0.15, -0.1) is 0 Å². The molecule has 0 atom stereocenters. The number of aromatic nitrogens is 1. The Balaban J connectivity index is 2.34. The Morgan fingerprint density at radius 2 is 2.06 bits per heavy atom. The van der Waals surface area contributed by atoms with Crippen LogP contribution in [-0.4, -0.2) is 17.4 Å². The van der Waals surface area contributed by atoms with Crippen molar-refractivity contribution >= 4 is 16.8 Å². The predicted octanol–water partition coefficient (Wildman–Crippen LogP) is 2.86. The molecule has 0 radical (unpaired) electrons. The van der Waals surface area contributed by atoms with Crippen molar-refractivity contribution in [2.24, 2.45) is 5.92 Å². The highest BCUT2D eigenvalue weighted by atomic mass is 16.1. The van der Waals surface area contributed by atoms with Crippen LogP contribution in [0.25, 0.3) is 10.9 Å². The molecular weight excluding hydrogens is 212 g/mol. The van der Waals surface area contributed by atoms with Crippen molar-refractivity contribution in [3.05, 3.63) is 35.5 Å². The van der Waals surface area contributed by atoms with Crippen molar-refractivity contribution in [1.29, 1.82) is 0 Å². The van der Waals surface area contributed by atoms with Crippen molar-refractivity contribution < 1.29 is 4.79 Å². The highest BCUT2D eigenvalue weighted by Gasteiger charge is 2.15. The zero-order chi connectivity index (χ0) is 12.4. The van der Waals surface area contributed by atoms with Crippen LogP contribution in [0.15, 0.2) is 24.3 Å². The van der Waals surface area contributed by atoms with Crippen LogP contribution in [0, 0.1) is 12.8 Å². The molecular formula is C14H18N2O. The Morgan fingerprint density at radius 3 is 2.76 bits per heavy atom. The summed E-state index contributed by atoms with van der Waals surface area (Å²) in [5.74, 6) is 0.470. The monoisotopic (exact) mass is 230 g/mol. The number of hydrogen-bond acceptors (Lipinski definition) is 1. The number of carbonyl (C=O) groups is 1. The van der Waals surface area contributed by atoms with Gasteiger partial charge in [0.25, 0.3) is 5.91 Å². The second-order valence-corrected chi connectivity index (χ2v) is 4.77. The standard InChI is InChI=1S/C14H18N2O/c1-9(2)8-15-14(17)13-10(3)16-12-7-5-4-6-11(12)13/h4-7,9,16H,8H2,1-3H3,(H,15,17). The smallest absolute Gasteiger partial charge is 0.253 e. The van der Waals surface area contributed by atoms with E-state index in [1.54, 1.807) is 0 Å². The van der Waals surface area contributed by atoms with Crippen LogP contribution < -0.4 is 5.32 Å². The molecule has 0 saturated carbocycles. The fourth-order valence-electron chi connectivity index (χ4n) is 1.95. The number of H-pyrrole nitrogens is 1. The average molecular weight is 230 g/mol. The molecule has 2 rings (SSSR count). The van der Waals surface area contributed by atoms with E-state index in [2.05, 4.69) is 24.1 Å². The SMILES string of the molecule is Cc1[nH]c2ccccc2c1C(=O)NCC(C)C. The van der Waals surface area contributed by atoms with Gasteiger partial charge in [0.1, 0.15) is 0 Å². The fourth-order valence-corrected chi connectivity index (χ4v) is 1.95. The van der Waals surface area contributed by atoms with E-state index in [1.807, 2.05) is 31.2 Å². The second kappa shape index (κ2) is 4.62. The van der Waals surface area contributed by atoms with E-state index in [4.69, 9.17) is 0 Å². The van der Waals surface area contributed by atoms with Gasteiger partial charge >= 0.3 is 0 Å². The van der Waals surface area contributed by atoms with Gasteiger partial charge in [-0.1, -0.05) is 32.0 Å². The van der Waals surface area contributed by atoms with Crippen LogP contribution in [0.2, 0.25) is 0 Å². The molecule has 0 aliphatic heterocycles. The zero-order valence-electron chi connectivity index (χ0n) is 10.5. The summed E-state index contributed by atoms with van der Waals surface area (Å²) in [7, 11) is 0. The first-order chi connectivity index (χ1) is 8.09. The lowest BCUT2D eigenvalue weighted by Gasteiger charge is -2.07. The third-order valence-corrected chi connectivity index (χ3v) is 2.79. The Bertz CT molecular complexity index is 540. The molecule has 2 N–H and O–H groups in total. The van der Waals surface area contributed by atoms with Gasteiger partial charge < -0.3 is 10.3 Å². The van der Waals surface area contributed by atoms with Gasteiger partial charge in [0.2, 0.25) is 0 Å². The number of carbonyl (C=O) groups excluding carboxylic acids is 1. The highest BCUT2D eigenvalue weighted by molar-refractivity contribution is 6.08. The molecule has 1 aromatic heterocycles. The normalized spacial score (nSPS) is 11.1. The van der Waals surface area contributed by atoms with Gasteiger partial charge in [-0.2, -0.15) is 0 Å². The first-order valence-corrected chi connectivity index (χ1v) is 5.95. The van der Waals surface area contributed by atoms with E-state index in [0.717, 1.165) is 22.2 Å². The number of aryl methyl sites for hydroxylation is 1. The van der Waals surface area contributed by atoms with Crippen molar-refractivity contribution in [3.8, 4) is 0 Å². The molecule has 0 fully saturated rings. The minimum Gasteiger partial charge on any atom is -0.358 e. The minimum atomic E-state index is 0.00801. The number of amides is 1. The van der Waals surface area contributed by atoms with Crippen LogP contribution >= 0.6 is 0 Å². The van der Waals surface area contributed by atoms with Crippen LogP contribution in [0.3, 0.4) is 0 Å². The Morgan fingerprint density at radius 1 is 1.35 bits per heavy atom. The van der Waals surface area contributed by atoms with E-state index in [9.17, 15) is 4.79 Å². The maximum atomic E-state index is 12.1. The topological polar surface area (TPSA) is 44.9 Å². The molecule has 17 heavy (non-hydrogen) atoms. The maximum absolute atomic E-state index is 12.1. The predicted molar refractivity (Wildman–Crippen MR) is 70.2 cm³/mol. The lowest BCUT2D eigenvalue weighted by atomic mass is 10.1. The summed E-state index contributed by atoms with van der Waals surface area (Å²) in [5.41, 5.74) is 2.70. The van der Waals surface area contributed by atoms with E-state index < -0.39 is 0 Å². The minimum absolute atomic E-state index is 0.00801. The van der Waals surface area contributed by atoms with Gasteiger partial charge in [-0.05, 0) is 18.9 Å². The first kappa shape index (κ1) is 11.7. The van der Waals surface area contributed by atoms with Gasteiger partial charge in [-0.25, -0.2) is 0 Å². The van der Waals surface area contributed by atoms with Crippen LogP contribution in [0.4, 0.5) is 0 Å². The Kier molecular flexibility index (Phi) is 3.18. The van der Waals surface area contributed by atoms with Crippen LogP contribution in [0.1, 0.15) is 29.9 Å². The summed E-state index contributed by atoms with van der Waals surface area (Å²) in [6, 6.07) is 7.88. The molecule has 1 amide bonds. The van der Waals surface area contributed by atoms with Crippen molar-refractivity contribution in [1.82, 2.24) is 10.3 Å². The molecule has 0 spiro atoms. The molecule has 1 aromatic carbocycles. The van der Waals surface area contributed by atoms with Crippen LogP contribution in [-0.2, 0) is 0 Å². The Labute approximate surface area is 101 Å². The zero-order valence-corrected chi connectivity index (χ0v) is 10.5. The van der Waals surface area contributed by atoms with Gasteiger partial charge in [0.15, 0.2) is 0 Å². The Hall–Kier alpha value is -1.77. The van der Waals surface area contributed by atoms with E-state index in [1.165, 1.54) is 0 Å².